The normalized spacial score (nSPS) is 12.2. The van der Waals surface area contributed by atoms with Gasteiger partial charge in [0.2, 0.25) is 0 Å². The van der Waals surface area contributed by atoms with Gasteiger partial charge in [-0.2, -0.15) is 0 Å². The standard InChI is InChI=1S/C15H12F2O2/c1-19-15(10-5-3-2-4-6-10)14(18)12-8-7-11(16)9-13(12)17/h2-9,15H,1H3. The number of ketones is 1. The molecule has 1 atom stereocenters. The van der Waals surface area contributed by atoms with Crippen molar-refractivity contribution in [2.24, 2.45) is 0 Å². The van der Waals surface area contributed by atoms with E-state index in [0.717, 1.165) is 12.1 Å². The van der Waals surface area contributed by atoms with Crippen molar-refractivity contribution in [1.29, 1.82) is 0 Å². The molecule has 0 N–H and O–H groups in total. The van der Waals surface area contributed by atoms with E-state index in [1.54, 1.807) is 30.3 Å². The first-order chi connectivity index (χ1) is 9.13. The van der Waals surface area contributed by atoms with Gasteiger partial charge in [-0.05, 0) is 17.7 Å². The molecule has 0 bridgehead atoms. The van der Waals surface area contributed by atoms with Gasteiger partial charge >= 0.3 is 0 Å². The molecule has 19 heavy (non-hydrogen) atoms. The quantitative estimate of drug-likeness (QED) is 0.788. The number of hydrogen-bond donors (Lipinski definition) is 0. The van der Waals surface area contributed by atoms with Crippen LogP contribution < -0.4 is 0 Å². The first-order valence-electron chi connectivity index (χ1n) is 5.70. The van der Waals surface area contributed by atoms with E-state index in [1.165, 1.54) is 7.11 Å². The van der Waals surface area contributed by atoms with E-state index in [4.69, 9.17) is 4.74 Å². The largest absolute Gasteiger partial charge is 0.369 e. The van der Waals surface area contributed by atoms with Crippen molar-refractivity contribution in [3.8, 4) is 0 Å². The van der Waals surface area contributed by atoms with Gasteiger partial charge in [-0.3, -0.25) is 4.79 Å². The van der Waals surface area contributed by atoms with Crippen molar-refractivity contribution in [3.05, 3.63) is 71.3 Å². The number of ether oxygens (including phenoxy) is 1. The highest BCUT2D eigenvalue weighted by Gasteiger charge is 2.24. The molecule has 0 spiro atoms. The highest BCUT2D eigenvalue weighted by atomic mass is 19.1. The van der Waals surface area contributed by atoms with Gasteiger partial charge in [0.25, 0.3) is 0 Å². The number of methoxy groups -OCH3 is 1. The van der Waals surface area contributed by atoms with Gasteiger partial charge in [0.15, 0.2) is 5.78 Å². The molecular formula is C15H12F2O2. The Morgan fingerprint density at radius 2 is 1.79 bits per heavy atom. The van der Waals surface area contributed by atoms with E-state index in [9.17, 15) is 13.6 Å². The number of hydrogen-bond acceptors (Lipinski definition) is 2. The summed E-state index contributed by atoms with van der Waals surface area (Å²) >= 11 is 0. The number of Topliss-reactive ketones (excluding diaryl/α,β-unsaturated/α-hetero) is 1. The lowest BCUT2D eigenvalue weighted by atomic mass is 9.99. The highest BCUT2D eigenvalue weighted by Crippen LogP contribution is 2.23. The summed E-state index contributed by atoms with van der Waals surface area (Å²) in [6, 6.07) is 11.6. The third-order valence-corrected chi connectivity index (χ3v) is 2.77. The Hall–Kier alpha value is -2.07. The summed E-state index contributed by atoms with van der Waals surface area (Å²) in [5.41, 5.74) is 0.441. The number of carbonyl (C=O) groups is 1. The average Bonchev–Trinajstić information content (AvgIpc) is 2.40. The van der Waals surface area contributed by atoms with Crippen molar-refractivity contribution < 1.29 is 18.3 Å². The van der Waals surface area contributed by atoms with E-state index in [1.807, 2.05) is 0 Å². The SMILES string of the molecule is COC(C(=O)c1ccc(F)cc1F)c1ccccc1. The third-order valence-electron chi connectivity index (χ3n) is 2.77. The Kier molecular flexibility index (Phi) is 4.02. The van der Waals surface area contributed by atoms with Crippen LogP contribution in [0, 0.1) is 11.6 Å². The predicted molar refractivity (Wildman–Crippen MR) is 66.9 cm³/mol. The lowest BCUT2D eigenvalue weighted by Gasteiger charge is -2.15. The highest BCUT2D eigenvalue weighted by molar-refractivity contribution is 6.00. The van der Waals surface area contributed by atoms with Gasteiger partial charge in [-0.25, -0.2) is 8.78 Å². The maximum atomic E-state index is 13.6. The fraction of sp³-hybridized carbons (Fsp3) is 0.133. The molecule has 0 aromatic heterocycles. The summed E-state index contributed by atoms with van der Waals surface area (Å²) in [7, 11) is 1.37. The maximum absolute atomic E-state index is 13.6. The van der Waals surface area contributed by atoms with Crippen LogP contribution in [0.5, 0.6) is 0 Å². The van der Waals surface area contributed by atoms with Gasteiger partial charge < -0.3 is 4.74 Å². The number of carbonyl (C=O) groups excluding carboxylic acids is 1. The van der Waals surface area contributed by atoms with Crippen molar-refractivity contribution in [2.45, 2.75) is 6.10 Å². The molecule has 0 amide bonds. The van der Waals surface area contributed by atoms with Crippen LogP contribution in [-0.4, -0.2) is 12.9 Å². The minimum atomic E-state index is -0.902. The van der Waals surface area contributed by atoms with Crippen LogP contribution in [0.4, 0.5) is 8.78 Å². The number of benzene rings is 2. The molecule has 0 saturated heterocycles. The summed E-state index contributed by atoms with van der Waals surface area (Å²) in [6.45, 7) is 0. The molecule has 0 saturated carbocycles. The summed E-state index contributed by atoms with van der Waals surface area (Å²) in [5, 5.41) is 0. The molecule has 4 heteroatoms. The minimum Gasteiger partial charge on any atom is -0.369 e. The molecule has 1 unspecified atom stereocenters. The van der Waals surface area contributed by atoms with Gasteiger partial charge in [-0.1, -0.05) is 30.3 Å². The summed E-state index contributed by atoms with van der Waals surface area (Å²) in [4.78, 5) is 12.2. The van der Waals surface area contributed by atoms with Crippen molar-refractivity contribution in [3.63, 3.8) is 0 Å². The van der Waals surface area contributed by atoms with Crippen LogP contribution in [-0.2, 0) is 4.74 Å². The molecule has 98 valence electrons. The second-order valence-electron chi connectivity index (χ2n) is 4.01. The second kappa shape index (κ2) is 5.71. The molecule has 0 heterocycles. The Morgan fingerprint density at radius 1 is 1.11 bits per heavy atom. The van der Waals surface area contributed by atoms with Crippen LogP contribution >= 0.6 is 0 Å². The van der Waals surface area contributed by atoms with Crippen LogP contribution in [0.2, 0.25) is 0 Å². The minimum absolute atomic E-state index is 0.183. The molecule has 2 aromatic rings. The van der Waals surface area contributed by atoms with Gasteiger partial charge in [0, 0.05) is 13.2 Å². The number of rotatable bonds is 4. The fourth-order valence-corrected chi connectivity index (χ4v) is 1.85. The smallest absolute Gasteiger partial charge is 0.199 e. The molecular weight excluding hydrogens is 250 g/mol. The third kappa shape index (κ3) is 2.85. The van der Waals surface area contributed by atoms with Crippen molar-refractivity contribution >= 4 is 5.78 Å². The van der Waals surface area contributed by atoms with E-state index >= 15 is 0 Å². The maximum Gasteiger partial charge on any atom is 0.199 e. The molecule has 0 radical (unpaired) electrons. The average molecular weight is 262 g/mol. The molecule has 0 aliphatic rings. The van der Waals surface area contributed by atoms with Crippen LogP contribution in [0.25, 0.3) is 0 Å². The molecule has 0 aliphatic heterocycles. The second-order valence-corrected chi connectivity index (χ2v) is 4.01. The zero-order chi connectivity index (χ0) is 13.8. The van der Waals surface area contributed by atoms with Crippen molar-refractivity contribution in [1.82, 2.24) is 0 Å². The van der Waals surface area contributed by atoms with E-state index in [2.05, 4.69) is 0 Å². The molecule has 2 nitrogen and oxygen atoms in total. The van der Waals surface area contributed by atoms with E-state index < -0.39 is 23.5 Å². The van der Waals surface area contributed by atoms with E-state index in [-0.39, 0.29) is 5.56 Å². The summed E-state index contributed by atoms with van der Waals surface area (Å²) in [5.74, 6) is -2.14. The summed E-state index contributed by atoms with van der Waals surface area (Å²) < 4.78 is 31.6. The van der Waals surface area contributed by atoms with Crippen molar-refractivity contribution in [2.75, 3.05) is 7.11 Å². The first kappa shape index (κ1) is 13.4. The summed E-state index contributed by atoms with van der Waals surface area (Å²) in [6.07, 6.45) is -0.902. The Balaban J connectivity index is 2.36. The molecule has 0 aliphatic carbocycles. The zero-order valence-electron chi connectivity index (χ0n) is 10.3. The van der Waals surface area contributed by atoms with Crippen LogP contribution in [0.1, 0.15) is 22.0 Å². The Labute approximate surface area is 109 Å². The lowest BCUT2D eigenvalue weighted by Crippen LogP contribution is -2.16. The fourth-order valence-electron chi connectivity index (χ4n) is 1.85. The Morgan fingerprint density at radius 3 is 2.37 bits per heavy atom. The number of halogens is 2. The first-order valence-corrected chi connectivity index (χ1v) is 5.70. The Bertz CT molecular complexity index is 582. The van der Waals surface area contributed by atoms with Gasteiger partial charge in [0.05, 0.1) is 5.56 Å². The van der Waals surface area contributed by atoms with E-state index in [0.29, 0.717) is 11.6 Å². The predicted octanol–water partition coefficient (Wildman–Crippen LogP) is 3.54. The lowest BCUT2D eigenvalue weighted by molar-refractivity contribution is 0.0600. The molecule has 2 aromatic carbocycles. The van der Waals surface area contributed by atoms with Crippen LogP contribution in [0.15, 0.2) is 48.5 Å². The monoisotopic (exact) mass is 262 g/mol. The topological polar surface area (TPSA) is 26.3 Å². The van der Waals surface area contributed by atoms with Gasteiger partial charge in [-0.15, -0.1) is 0 Å². The van der Waals surface area contributed by atoms with Gasteiger partial charge in [0.1, 0.15) is 17.7 Å². The zero-order valence-corrected chi connectivity index (χ0v) is 10.3. The van der Waals surface area contributed by atoms with Crippen LogP contribution in [0.3, 0.4) is 0 Å². The molecule has 0 fully saturated rings. The molecule has 2 rings (SSSR count).